The van der Waals surface area contributed by atoms with Crippen molar-refractivity contribution in [3.05, 3.63) is 40.0 Å². The number of nitrogens with zero attached hydrogens (tertiary/aromatic N) is 2. The molecule has 0 radical (unpaired) electrons. The Kier molecular flexibility index (Phi) is 4.92. The van der Waals surface area contributed by atoms with Crippen LogP contribution in [0.2, 0.25) is 0 Å². The summed E-state index contributed by atoms with van der Waals surface area (Å²) in [6.07, 6.45) is -9.34. The highest BCUT2D eigenvalue weighted by Crippen LogP contribution is 2.37. The molecule has 1 aromatic carbocycles. The molecule has 11 heteroatoms. The van der Waals surface area contributed by atoms with Crippen molar-refractivity contribution in [1.82, 2.24) is 9.97 Å². The second kappa shape index (κ2) is 6.46. The van der Waals surface area contributed by atoms with E-state index in [1.165, 1.54) is 13.1 Å². The van der Waals surface area contributed by atoms with Gasteiger partial charge in [-0.2, -0.15) is 31.3 Å². The molecule has 0 atom stereocenters. The van der Waals surface area contributed by atoms with Crippen LogP contribution in [0, 0.1) is 0 Å². The molecule has 0 aliphatic rings. The van der Waals surface area contributed by atoms with Gasteiger partial charge in [-0.1, -0.05) is 15.9 Å². The second-order valence-corrected chi connectivity index (χ2v) is 5.38. The van der Waals surface area contributed by atoms with Crippen LogP contribution in [0.15, 0.2) is 28.7 Å². The Morgan fingerprint density at radius 2 is 1.62 bits per heavy atom. The van der Waals surface area contributed by atoms with Gasteiger partial charge < -0.3 is 10.6 Å². The van der Waals surface area contributed by atoms with E-state index in [0.717, 1.165) is 12.1 Å². The largest absolute Gasteiger partial charge is 0.433 e. The van der Waals surface area contributed by atoms with Gasteiger partial charge in [0.05, 0.1) is 5.56 Å². The number of halogens is 7. The van der Waals surface area contributed by atoms with Crippen molar-refractivity contribution >= 4 is 33.4 Å². The van der Waals surface area contributed by atoms with Crippen LogP contribution in [0.1, 0.15) is 11.3 Å². The Labute approximate surface area is 140 Å². The van der Waals surface area contributed by atoms with E-state index in [1.807, 2.05) is 0 Å². The van der Waals surface area contributed by atoms with Gasteiger partial charge in [0.25, 0.3) is 0 Å². The number of anilines is 3. The minimum Gasteiger partial charge on any atom is -0.357 e. The summed E-state index contributed by atoms with van der Waals surface area (Å²) in [5.74, 6) is -0.613. The SMILES string of the molecule is CNc1nc(Nc2ccc(Br)c(C(F)(F)F)c2)cc(C(F)(F)F)n1. The lowest BCUT2D eigenvalue weighted by molar-refractivity contribution is -0.141. The van der Waals surface area contributed by atoms with Crippen molar-refractivity contribution in [2.45, 2.75) is 12.4 Å². The predicted octanol–water partition coefficient (Wildman–Crippen LogP) is 5.06. The summed E-state index contributed by atoms with van der Waals surface area (Å²) in [6, 6.07) is 3.78. The third-order valence-electron chi connectivity index (χ3n) is 2.78. The summed E-state index contributed by atoms with van der Waals surface area (Å²) < 4.78 is 76.8. The van der Waals surface area contributed by atoms with Crippen LogP contribution < -0.4 is 10.6 Å². The number of benzene rings is 1. The maximum atomic E-state index is 12.9. The first kappa shape index (κ1) is 18.3. The molecule has 2 rings (SSSR count). The molecule has 0 saturated carbocycles. The molecule has 24 heavy (non-hydrogen) atoms. The Morgan fingerprint density at radius 3 is 2.17 bits per heavy atom. The van der Waals surface area contributed by atoms with Gasteiger partial charge in [0.15, 0.2) is 5.69 Å². The number of nitrogens with one attached hydrogen (secondary N) is 2. The van der Waals surface area contributed by atoms with Crippen molar-refractivity contribution in [2.75, 3.05) is 17.7 Å². The van der Waals surface area contributed by atoms with Gasteiger partial charge in [-0.3, -0.25) is 0 Å². The molecule has 2 aromatic rings. The van der Waals surface area contributed by atoms with E-state index < -0.39 is 23.6 Å². The topological polar surface area (TPSA) is 49.8 Å². The monoisotopic (exact) mass is 414 g/mol. The number of aromatic nitrogens is 2. The normalized spacial score (nSPS) is 12.2. The average Bonchev–Trinajstić information content (AvgIpc) is 2.47. The lowest BCUT2D eigenvalue weighted by atomic mass is 10.2. The third kappa shape index (κ3) is 4.28. The minimum absolute atomic E-state index is 0.0700. The summed E-state index contributed by atoms with van der Waals surface area (Å²) in [5.41, 5.74) is -2.26. The smallest absolute Gasteiger partial charge is 0.357 e. The molecule has 4 nitrogen and oxygen atoms in total. The summed E-state index contributed by atoms with van der Waals surface area (Å²) >= 11 is 2.78. The van der Waals surface area contributed by atoms with Crippen LogP contribution in [0.25, 0.3) is 0 Å². The van der Waals surface area contributed by atoms with E-state index in [-0.39, 0.29) is 21.9 Å². The Hall–Kier alpha value is -2.04. The zero-order chi connectivity index (χ0) is 18.1. The zero-order valence-electron chi connectivity index (χ0n) is 11.8. The van der Waals surface area contributed by atoms with Crippen LogP contribution in [-0.4, -0.2) is 17.0 Å². The van der Waals surface area contributed by atoms with Crippen molar-refractivity contribution in [2.24, 2.45) is 0 Å². The van der Waals surface area contributed by atoms with Gasteiger partial charge in [-0.15, -0.1) is 0 Å². The van der Waals surface area contributed by atoms with Crippen LogP contribution in [0.5, 0.6) is 0 Å². The van der Waals surface area contributed by atoms with Crippen LogP contribution in [0.3, 0.4) is 0 Å². The first-order valence-corrected chi connectivity index (χ1v) is 7.08. The first-order chi connectivity index (χ1) is 11.0. The van der Waals surface area contributed by atoms with Crippen molar-refractivity contribution in [3.63, 3.8) is 0 Å². The highest BCUT2D eigenvalue weighted by atomic mass is 79.9. The maximum Gasteiger partial charge on any atom is 0.433 e. The molecule has 2 N–H and O–H groups in total. The van der Waals surface area contributed by atoms with Crippen molar-refractivity contribution < 1.29 is 26.3 Å². The highest BCUT2D eigenvalue weighted by molar-refractivity contribution is 9.10. The molecular weight excluding hydrogens is 406 g/mol. The van der Waals surface area contributed by atoms with Crippen molar-refractivity contribution in [1.29, 1.82) is 0 Å². The average molecular weight is 415 g/mol. The van der Waals surface area contributed by atoms with Crippen molar-refractivity contribution in [3.8, 4) is 0 Å². The molecule has 0 spiro atoms. The van der Waals surface area contributed by atoms with E-state index >= 15 is 0 Å². The van der Waals surface area contributed by atoms with Crippen LogP contribution in [-0.2, 0) is 12.4 Å². The fourth-order valence-electron chi connectivity index (χ4n) is 1.74. The predicted molar refractivity (Wildman–Crippen MR) is 79.0 cm³/mol. The third-order valence-corrected chi connectivity index (χ3v) is 3.48. The van der Waals surface area contributed by atoms with Gasteiger partial charge in [0.1, 0.15) is 5.82 Å². The molecule has 0 unspecified atom stereocenters. The summed E-state index contributed by atoms with van der Waals surface area (Å²) in [6.45, 7) is 0. The highest BCUT2D eigenvalue weighted by Gasteiger charge is 2.34. The summed E-state index contributed by atoms with van der Waals surface area (Å²) in [7, 11) is 1.32. The molecule has 0 amide bonds. The molecule has 0 bridgehead atoms. The summed E-state index contributed by atoms with van der Waals surface area (Å²) in [5, 5.41) is 4.78. The maximum absolute atomic E-state index is 12.9. The van der Waals surface area contributed by atoms with Gasteiger partial charge in [-0.05, 0) is 18.2 Å². The standard InChI is InChI=1S/C13H9BrF6N4/c1-21-11-23-9(13(18,19)20)5-10(24-11)22-6-2-3-8(14)7(4-6)12(15,16)17/h2-5H,1H3,(H2,21,22,23,24). The van der Waals surface area contributed by atoms with Gasteiger partial charge in [0, 0.05) is 23.3 Å². The fourth-order valence-corrected chi connectivity index (χ4v) is 2.21. The Morgan fingerprint density at radius 1 is 0.958 bits per heavy atom. The molecule has 0 aliphatic carbocycles. The molecule has 130 valence electrons. The lowest BCUT2D eigenvalue weighted by Crippen LogP contribution is -2.12. The fraction of sp³-hybridized carbons (Fsp3) is 0.231. The summed E-state index contributed by atoms with van der Waals surface area (Å²) in [4.78, 5) is 7.01. The van der Waals surface area contributed by atoms with Crippen LogP contribution in [0.4, 0.5) is 43.8 Å². The van der Waals surface area contributed by atoms with Gasteiger partial charge in [-0.25, -0.2) is 4.98 Å². The molecule has 1 heterocycles. The number of hydrogen-bond donors (Lipinski definition) is 2. The number of rotatable bonds is 3. The van der Waals surface area contributed by atoms with E-state index in [2.05, 4.69) is 36.5 Å². The number of alkyl halides is 6. The lowest BCUT2D eigenvalue weighted by Gasteiger charge is -2.14. The van der Waals surface area contributed by atoms with Gasteiger partial charge >= 0.3 is 12.4 Å². The molecular formula is C13H9BrF6N4. The first-order valence-electron chi connectivity index (χ1n) is 6.28. The van der Waals surface area contributed by atoms with E-state index in [1.54, 1.807) is 0 Å². The van der Waals surface area contributed by atoms with Gasteiger partial charge in [0.2, 0.25) is 5.95 Å². The molecule has 1 aromatic heterocycles. The quantitative estimate of drug-likeness (QED) is 0.689. The van der Waals surface area contributed by atoms with E-state index in [0.29, 0.717) is 6.07 Å². The Balaban J connectivity index is 2.41. The molecule has 0 aliphatic heterocycles. The number of hydrogen-bond acceptors (Lipinski definition) is 4. The van der Waals surface area contributed by atoms with E-state index in [4.69, 9.17) is 0 Å². The Bertz CT molecular complexity index is 744. The molecule has 0 fully saturated rings. The minimum atomic E-state index is -4.72. The molecule has 0 saturated heterocycles. The van der Waals surface area contributed by atoms with E-state index in [9.17, 15) is 26.3 Å². The second-order valence-electron chi connectivity index (χ2n) is 4.53. The zero-order valence-corrected chi connectivity index (χ0v) is 13.4. The van der Waals surface area contributed by atoms with Crippen LogP contribution >= 0.6 is 15.9 Å².